The van der Waals surface area contributed by atoms with Crippen molar-refractivity contribution in [2.45, 2.75) is 77.5 Å². The van der Waals surface area contributed by atoms with Crippen LogP contribution in [0.1, 0.15) is 59.8 Å². The molecule has 1 aliphatic heterocycles. The summed E-state index contributed by atoms with van der Waals surface area (Å²) in [6.07, 6.45) is 6.88. The number of carbonyl (C=O) groups excluding carboxylic acids is 1. The van der Waals surface area contributed by atoms with Crippen LogP contribution < -0.4 is 5.32 Å². The average Bonchev–Trinajstić information content (AvgIpc) is 2.81. The van der Waals surface area contributed by atoms with E-state index in [1.807, 2.05) is 25.7 Å². The van der Waals surface area contributed by atoms with Crippen molar-refractivity contribution in [3.8, 4) is 0 Å². The van der Waals surface area contributed by atoms with Crippen LogP contribution in [0.5, 0.6) is 0 Å². The highest BCUT2D eigenvalue weighted by molar-refractivity contribution is 7.09. The number of ether oxygens (including phenoxy) is 1. The largest absolute Gasteiger partial charge is 0.444 e. The van der Waals surface area contributed by atoms with Crippen molar-refractivity contribution in [3.05, 3.63) is 6.20 Å². The highest BCUT2D eigenvalue weighted by atomic mass is 32.1. The number of hydrogen-bond acceptors (Lipinski definition) is 6. The smallest absolute Gasteiger partial charge is 0.410 e. The average molecular weight is 340 g/mol. The first kappa shape index (κ1) is 18.0. The summed E-state index contributed by atoms with van der Waals surface area (Å²) >= 11 is 1.35. The Labute approximate surface area is 142 Å². The fraction of sp³-hybridized carbons (Fsp3) is 0.812. The van der Waals surface area contributed by atoms with Gasteiger partial charge in [-0.2, -0.15) is 0 Å². The fourth-order valence-corrected chi connectivity index (χ4v) is 3.45. The molecule has 7 heteroatoms. The Morgan fingerprint density at radius 3 is 2.91 bits per heavy atom. The Hall–Kier alpha value is -1.37. The molecule has 1 fully saturated rings. The molecule has 0 bridgehead atoms. The second-order valence-corrected chi connectivity index (χ2v) is 8.03. The Morgan fingerprint density at radius 1 is 1.48 bits per heavy atom. The van der Waals surface area contributed by atoms with Gasteiger partial charge < -0.3 is 15.0 Å². The molecule has 1 aromatic rings. The van der Waals surface area contributed by atoms with Gasteiger partial charge in [-0.05, 0) is 47.0 Å². The van der Waals surface area contributed by atoms with Crippen molar-refractivity contribution in [3.63, 3.8) is 0 Å². The van der Waals surface area contributed by atoms with Gasteiger partial charge in [-0.25, -0.2) is 4.79 Å². The summed E-state index contributed by atoms with van der Waals surface area (Å²) in [6, 6.07) is 0.473. The molecule has 23 heavy (non-hydrogen) atoms. The molecule has 2 heterocycles. The zero-order valence-corrected chi connectivity index (χ0v) is 15.4. The Balaban J connectivity index is 1.98. The minimum absolute atomic E-state index is 0.184. The number of amides is 1. The van der Waals surface area contributed by atoms with E-state index in [0.717, 1.165) is 30.8 Å². The summed E-state index contributed by atoms with van der Waals surface area (Å²) < 4.78 is 9.46. The lowest BCUT2D eigenvalue weighted by Crippen LogP contribution is -2.44. The van der Waals surface area contributed by atoms with Gasteiger partial charge in [0.1, 0.15) is 10.6 Å². The number of aromatic nitrogens is 2. The predicted octanol–water partition coefficient (Wildman–Crippen LogP) is 3.91. The third-order valence-corrected chi connectivity index (χ3v) is 4.48. The molecule has 1 amide bonds. The van der Waals surface area contributed by atoms with Crippen LogP contribution in [-0.2, 0) is 4.74 Å². The van der Waals surface area contributed by atoms with E-state index in [4.69, 9.17) is 4.74 Å². The molecule has 0 spiro atoms. The van der Waals surface area contributed by atoms with E-state index in [-0.39, 0.29) is 18.2 Å². The van der Waals surface area contributed by atoms with Crippen LogP contribution in [0.15, 0.2) is 6.20 Å². The van der Waals surface area contributed by atoms with Crippen molar-refractivity contribution >= 4 is 22.6 Å². The molecule has 2 atom stereocenters. The third kappa shape index (κ3) is 5.97. The number of likely N-dealkylation sites (tertiary alicyclic amines) is 1. The number of anilines is 1. The summed E-state index contributed by atoms with van der Waals surface area (Å²) in [5.74, 6) is 0. The van der Waals surface area contributed by atoms with Crippen LogP contribution in [0.3, 0.4) is 0 Å². The predicted molar refractivity (Wildman–Crippen MR) is 92.8 cm³/mol. The summed E-state index contributed by atoms with van der Waals surface area (Å²) in [4.78, 5) is 14.5. The lowest BCUT2D eigenvalue weighted by molar-refractivity contribution is 0.0155. The second kappa shape index (κ2) is 7.95. The lowest BCUT2D eigenvalue weighted by atomic mass is 10.0. The first-order chi connectivity index (χ1) is 10.8. The van der Waals surface area contributed by atoms with Gasteiger partial charge in [0.25, 0.3) is 0 Å². The zero-order chi connectivity index (χ0) is 16.9. The summed E-state index contributed by atoms with van der Waals surface area (Å²) in [7, 11) is 0. The number of nitrogens with zero attached hydrogens (tertiary/aromatic N) is 3. The number of nitrogens with one attached hydrogen (secondary N) is 1. The number of rotatable bonds is 4. The summed E-state index contributed by atoms with van der Waals surface area (Å²) in [5.41, 5.74) is -0.452. The molecule has 6 nitrogen and oxygen atoms in total. The van der Waals surface area contributed by atoms with Crippen LogP contribution in [0.2, 0.25) is 0 Å². The van der Waals surface area contributed by atoms with Gasteiger partial charge in [0, 0.05) is 30.2 Å². The van der Waals surface area contributed by atoms with Crippen LogP contribution in [0.4, 0.5) is 9.80 Å². The Morgan fingerprint density at radius 2 is 2.26 bits per heavy atom. The number of hydrogen-bond donors (Lipinski definition) is 1. The van der Waals surface area contributed by atoms with Crippen LogP contribution in [0, 0.1) is 0 Å². The molecular formula is C16H28N4O2S. The topological polar surface area (TPSA) is 67.3 Å². The minimum atomic E-state index is -0.452. The Kier molecular flexibility index (Phi) is 6.21. The highest BCUT2D eigenvalue weighted by Crippen LogP contribution is 2.24. The molecular weight excluding hydrogens is 312 g/mol. The van der Waals surface area contributed by atoms with Crippen molar-refractivity contribution in [2.75, 3.05) is 11.9 Å². The molecule has 1 N–H and O–H groups in total. The molecule has 2 rings (SSSR count). The van der Waals surface area contributed by atoms with E-state index in [2.05, 4.69) is 21.8 Å². The van der Waals surface area contributed by atoms with Crippen LogP contribution in [0.25, 0.3) is 0 Å². The van der Waals surface area contributed by atoms with Crippen molar-refractivity contribution in [1.29, 1.82) is 0 Å². The fourth-order valence-electron chi connectivity index (χ4n) is 2.92. The zero-order valence-electron chi connectivity index (χ0n) is 14.5. The molecule has 1 aromatic heterocycles. The van der Waals surface area contributed by atoms with Gasteiger partial charge in [0.2, 0.25) is 0 Å². The number of carbonyl (C=O) groups is 1. The molecule has 130 valence electrons. The maximum atomic E-state index is 12.5. The quantitative estimate of drug-likeness (QED) is 0.900. The van der Waals surface area contributed by atoms with Gasteiger partial charge in [-0.3, -0.25) is 0 Å². The standard InChI is InChI=1S/C16H28N4O2S/c1-12(18-14-11-17-19-23-14)10-13-8-6-5-7-9-20(13)15(21)22-16(2,3)4/h11-13,18H,5-10H2,1-4H3. The Bertz CT molecular complexity index is 487. The van der Waals surface area contributed by atoms with Gasteiger partial charge >= 0.3 is 6.09 Å². The molecule has 1 aliphatic rings. The second-order valence-electron chi connectivity index (χ2n) is 7.24. The monoisotopic (exact) mass is 340 g/mol. The normalized spacial score (nSPS) is 20.7. The maximum Gasteiger partial charge on any atom is 0.410 e. The molecule has 0 aromatic carbocycles. The SMILES string of the molecule is CC(CC1CCCCCN1C(=O)OC(C)(C)C)Nc1cnns1. The van der Waals surface area contributed by atoms with E-state index < -0.39 is 5.60 Å². The van der Waals surface area contributed by atoms with Gasteiger partial charge in [0.05, 0.1) is 6.20 Å². The van der Waals surface area contributed by atoms with Gasteiger partial charge in [-0.1, -0.05) is 17.3 Å². The first-order valence-corrected chi connectivity index (χ1v) is 9.16. The third-order valence-electron chi connectivity index (χ3n) is 3.88. The van der Waals surface area contributed by atoms with E-state index in [0.29, 0.717) is 0 Å². The van der Waals surface area contributed by atoms with Crippen LogP contribution >= 0.6 is 11.5 Å². The van der Waals surface area contributed by atoms with Gasteiger partial charge in [0.15, 0.2) is 0 Å². The van der Waals surface area contributed by atoms with E-state index in [1.165, 1.54) is 24.4 Å². The van der Waals surface area contributed by atoms with Crippen molar-refractivity contribution in [1.82, 2.24) is 14.5 Å². The minimum Gasteiger partial charge on any atom is -0.444 e. The summed E-state index contributed by atoms with van der Waals surface area (Å²) in [6.45, 7) is 8.67. The van der Waals surface area contributed by atoms with E-state index >= 15 is 0 Å². The lowest BCUT2D eigenvalue weighted by Gasteiger charge is -2.33. The summed E-state index contributed by atoms with van der Waals surface area (Å²) in [5, 5.41) is 8.22. The van der Waals surface area contributed by atoms with E-state index in [9.17, 15) is 4.79 Å². The molecule has 0 radical (unpaired) electrons. The van der Waals surface area contributed by atoms with E-state index in [1.54, 1.807) is 6.20 Å². The van der Waals surface area contributed by atoms with Crippen molar-refractivity contribution < 1.29 is 9.53 Å². The van der Waals surface area contributed by atoms with Crippen molar-refractivity contribution in [2.24, 2.45) is 0 Å². The molecule has 1 saturated heterocycles. The molecule has 2 unspecified atom stereocenters. The molecule has 0 saturated carbocycles. The van der Waals surface area contributed by atoms with Crippen LogP contribution in [-0.4, -0.2) is 44.8 Å². The van der Waals surface area contributed by atoms with Gasteiger partial charge in [-0.15, -0.1) is 5.10 Å². The maximum absolute atomic E-state index is 12.5. The highest BCUT2D eigenvalue weighted by Gasteiger charge is 2.30. The molecule has 0 aliphatic carbocycles. The first-order valence-electron chi connectivity index (χ1n) is 8.38.